The number of hydrogen-bond acceptors (Lipinski definition) is 4. The molecule has 17 heavy (non-hydrogen) atoms. The molecule has 1 aromatic carbocycles. The van der Waals surface area contributed by atoms with Gasteiger partial charge in [-0.25, -0.2) is 4.98 Å². The van der Waals surface area contributed by atoms with E-state index in [1.54, 1.807) is 11.3 Å². The predicted molar refractivity (Wildman–Crippen MR) is 74.1 cm³/mol. The number of nitrogens with zero attached hydrogens (tertiary/aromatic N) is 2. The van der Waals surface area contributed by atoms with Crippen LogP contribution in [0.25, 0.3) is 11.3 Å². The van der Waals surface area contributed by atoms with E-state index in [2.05, 4.69) is 23.4 Å². The number of thiazole rings is 1. The third-order valence-corrected chi connectivity index (χ3v) is 4.21. The third kappa shape index (κ3) is 3.09. The summed E-state index contributed by atoms with van der Waals surface area (Å²) in [5.74, 6) is 2.10. The van der Waals surface area contributed by atoms with Crippen LogP contribution in [0.2, 0.25) is 0 Å². The van der Waals surface area contributed by atoms with Gasteiger partial charge in [-0.05, 0) is 17.9 Å². The lowest BCUT2D eigenvalue weighted by Gasteiger charge is -1.96. The largest absolute Gasteiger partial charge is 0.240 e. The molecule has 0 atom stereocenters. The van der Waals surface area contributed by atoms with Crippen molar-refractivity contribution in [3.8, 4) is 17.3 Å². The molecule has 0 aliphatic carbocycles. The van der Waals surface area contributed by atoms with E-state index in [9.17, 15) is 0 Å². The summed E-state index contributed by atoms with van der Waals surface area (Å²) in [5.41, 5.74) is 2.77. The van der Waals surface area contributed by atoms with Crippen molar-refractivity contribution in [1.29, 1.82) is 5.26 Å². The van der Waals surface area contributed by atoms with E-state index in [0.717, 1.165) is 27.8 Å². The molecule has 1 heterocycles. The highest BCUT2D eigenvalue weighted by Gasteiger charge is 2.04. The summed E-state index contributed by atoms with van der Waals surface area (Å²) in [6.07, 6.45) is 0. The van der Waals surface area contributed by atoms with Crippen molar-refractivity contribution in [3.05, 3.63) is 40.2 Å². The van der Waals surface area contributed by atoms with Gasteiger partial charge in [0.05, 0.1) is 17.3 Å². The number of nitriles is 1. The molecule has 2 rings (SSSR count). The summed E-state index contributed by atoms with van der Waals surface area (Å²) < 4.78 is 0. The van der Waals surface area contributed by atoms with Gasteiger partial charge >= 0.3 is 0 Å². The second-order valence-electron chi connectivity index (χ2n) is 3.45. The fourth-order valence-electron chi connectivity index (χ4n) is 1.41. The van der Waals surface area contributed by atoms with Crippen LogP contribution in [0.3, 0.4) is 0 Å². The maximum Gasteiger partial charge on any atom is 0.103 e. The summed E-state index contributed by atoms with van der Waals surface area (Å²) >= 11 is 3.58. The van der Waals surface area contributed by atoms with Crippen molar-refractivity contribution in [2.45, 2.75) is 12.7 Å². The van der Waals surface area contributed by atoms with Crippen molar-refractivity contribution in [3.63, 3.8) is 0 Å². The SMILES string of the molecule is CCSCc1nc(-c2ccc(C#N)cc2)cs1. The molecule has 2 nitrogen and oxygen atoms in total. The first kappa shape index (κ1) is 12.2. The number of benzene rings is 1. The normalized spacial score (nSPS) is 10.1. The highest BCUT2D eigenvalue weighted by atomic mass is 32.2. The second kappa shape index (κ2) is 5.85. The van der Waals surface area contributed by atoms with E-state index < -0.39 is 0 Å². The average molecular weight is 260 g/mol. The van der Waals surface area contributed by atoms with Gasteiger partial charge in [-0.2, -0.15) is 17.0 Å². The molecule has 0 aliphatic rings. The third-order valence-electron chi connectivity index (χ3n) is 2.29. The van der Waals surface area contributed by atoms with E-state index in [-0.39, 0.29) is 0 Å². The maximum atomic E-state index is 8.73. The van der Waals surface area contributed by atoms with Gasteiger partial charge in [0.15, 0.2) is 0 Å². The topological polar surface area (TPSA) is 36.7 Å². The molecule has 4 heteroatoms. The Labute approximate surface area is 109 Å². The zero-order valence-corrected chi connectivity index (χ0v) is 11.1. The van der Waals surface area contributed by atoms with Crippen LogP contribution in [-0.2, 0) is 5.75 Å². The van der Waals surface area contributed by atoms with Crippen molar-refractivity contribution >= 4 is 23.1 Å². The van der Waals surface area contributed by atoms with Crippen LogP contribution in [0.1, 0.15) is 17.5 Å². The Morgan fingerprint density at radius 1 is 1.35 bits per heavy atom. The Bertz CT molecular complexity index is 523. The van der Waals surface area contributed by atoms with Gasteiger partial charge in [0.25, 0.3) is 0 Å². The van der Waals surface area contributed by atoms with Gasteiger partial charge in [-0.3, -0.25) is 0 Å². The van der Waals surface area contributed by atoms with Crippen LogP contribution in [0, 0.1) is 11.3 Å². The molecule has 0 bridgehead atoms. The number of hydrogen-bond donors (Lipinski definition) is 0. The van der Waals surface area contributed by atoms with Gasteiger partial charge in [0, 0.05) is 16.7 Å². The maximum absolute atomic E-state index is 8.73. The number of thioether (sulfide) groups is 1. The van der Waals surface area contributed by atoms with Crippen LogP contribution in [-0.4, -0.2) is 10.7 Å². The predicted octanol–water partition coefficient (Wildman–Crippen LogP) is 3.93. The Morgan fingerprint density at radius 2 is 2.12 bits per heavy atom. The minimum Gasteiger partial charge on any atom is -0.240 e. The summed E-state index contributed by atoms with van der Waals surface area (Å²) in [6.45, 7) is 2.15. The summed E-state index contributed by atoms with van der Waals surface area (Å²) in [6, 6.07) is 9.67. The first-order chi connectivity index (χ1) is 8.33. The Kier molecular flexibility index (Phi) is 4.18. The highest BCUT2D eigenvalue weighted by Crippen LogP contribution is 2.24. The molecule has 0 saturated carbocycles. The van der Waals surface area contributed by atoms with Gasteiger partial charge in [-0.15, -0.1) is 11.3 Å². The molecule has 2 aromatic rings. The molecule has 1 aromatic heterocycles. The van der Waals surface area contributed by atoms with Crippen molar-refractivity contribution < 1.29 is 0 Å². The molecule has 0 spiro atoms. The van der Waals surface area contributed by atoms with Crippen LogP contribution in [0.5, 0.6) is 0 Å². The second-order valence-corrected chi connectivity index (χ2v) is 5.67. The fraction of sp³-hybridized carbons (Fsp3) is 0.231. The molecular weight excluding hydrogens is 248 g/mol. The molecular formula is C13H12N2S2. The summed E-state index contributed by atoms with van der Waals surface area (Å²) in [5, 5.41) is 12.0. The van der Waals surface area contributed by atoms with Crippen molar-refractivity contribution in [2.24, 2.45) is 0 Å². The molecule has 86 valence electrons. The van der Waals surface area contributed by atoms with Gasteiger partial charge in [-0.1, -0.05) is 19.1 Å². The molecule has 0 fully saturated rings. The quantitative estimate of drug-likeness (QED) is 0.835. The number of rotatable bonds is 4. The fourth-order valence-corrected chi connectivity index (χ4v) is 2.97. The lowest BCUT2D eigenvalue weighted by Crippen LogP contribution is -1.82. The van der Waals surface area contributed by atoms with E-state index >= 15 is 0 Å². The van der Waals surface area contributed by atoms with Gasteiger partial charge in [0.2, 0.25) is 0 Å². The minimum atomic E-state index is 0.686. The Balaban J connectivity index is 2.16. The standard InChI is InChI=1S/C13H12N2S2/c1-2-16-9-13-15-12(8-17-13)11-5-3-10(7-14)4-6-11/h3-6,8H,2,9H2,1H3. The van der Waals surface area contributed by atoms with Crippen LogP contribution < -0.4 is 0 Å². The van der Waals surface area contributed by atoms with E-state index in [1.165, 1.54) is 0 Å². The van der Waals surface area contributed by atoms with Crippen LogP contribution in [0.15, 0.2) is 29.6 Å². The monoisotopic (exact) mass is 260 g/mol. The molecule has 0 amide bonds. The first-order valence-corrected chi connectivity index (χ1v) is 7.39. The van der Waals surface area contributed by atoms with E-state index in [1.807, 2.05) is 36.0 Å². The first-order valence-electron chi connectivity index (χ1n) is 5.36. The molecule has 0 aliphatic heterocycles. The number of aromatic nitrogens is 1. The van der Waals surface area contributed by atoms with E-state index in [4.69, 9.17) is 5.26 Å². The average Bonchev–Trinajstić information content (AvgIpc) is 2.85. The molecule has 0 radical (unpaired) electrons. The minimum absolute atomic E-state index is 0.686. The van der Waals surface area contributed by atoms with Crippen molar-refractivity contribution in [1.82, 2.24) is 4.98 Å². The zero-order valence-electron chi connectivity index (χ0n) is 9.51. The van der Waals surface area contributed by atoms with E-state index in [0.29, 0.717) is 5.56 Å². The summed E-state index contributed by atoms with van der Waals surface area (Å²) in [4.78, 5) is 4.59. The highest BCUT2D eigenvalue weighted by molar-refractivity contribution is 7.98. The van der Waals surface area contributed by atoms with Gasteiger partial charge < -0.3 is 0 Å². The Hall–Kier alpha value is -1.31. The van der Waals surface area contributed by atoms with Crippen LogP contribution >= 0.6 is 23.1 Å². The summed E-state index contributed by atoms with van der Waals surface area (Å²) in [7, 11) is 0. The van der Waals surface area contributed by atoms with Crippen LogP contribution in [0.4, 0.5) is 0 Å². The molecule has 0 N–H and O–H groups in total. The lowest BCUT2D eigenvalue weighted by atomic mass is 10.1. The molecule has 0 unspecified atom stereocenters. The Morgan fingerprint density at radius 3 is 2.76 bits per heavy atom. The molecule has 0 saturated heterocycles. The van der Waals surface area contributed by atoms with Crippen molar-refractivity contribution in [2.75, 3.05) is 5.75 Å². The lowest BCUT2D eigenvalue weighted by molar-refractivity contribution is 1.27. The smallest absolute Gasteiger partial charge is 0.103 e. The van der Waals surface area contributed by atoms with Gasteiger partial charge in [0.1, 0.15) is 5.01 Å². The zero-order chi connectivity index (χ0) is 12.1.